The van der Waals surface area contributed by atoms with Crippen LogP contribution in [0.25, 0.3) is 0 Å². The number of ether oxygens (including phenoxy) is 1. The molecule has 0 aromatic heterocycles. The van der Waals surface area contributed by atoms with Gasteiger partial charge in [-0.1, -0.05) is 62.4 Å². The van der Waals surface area contributed by atoms with Crippen LogP contribution in [0.4, 0.5) is 0 Å². The van der Waals surface area contributed by atoms with E-state index in [0.717, 1.165) is 0 Å². The zero-order valence-electron chi connectivity index (χ0n) is 15.5. The van der Waals surface area contributed by atoms with Crippen molar-refractivity contribution in [2.75, 3.05) is 0 Å². The first-order chi connectivity index (χ1) is 12.7. The van der Waals surface area contributed by atoms with Crippen molar-refractivity contribution in [1.82, 2.24) is 4.72 Å². The highest BCUT2D eigenvalue weighted by molar-refractivity contribution is 7.89. The van der Waals surface area contributed by atoms with E-state index in [9.17, 15) is 18.0 Å². The van der Waals surface area contributed by atoms with E-state index in [1.807, 2.05) is 0 Å². The molecular weight excluding hydrogens is 366 g/mol. The molecule has 0 aliphatic rings. The monoisotopic (exact) mass is 389 g/mol. The number of hydrogen-bond donors (Lipinski definition) is 1. The van der Waals surface area contributed by atoms with Crippen LogP contribution in [0, 0.1) is 5.92 Å². The van der Waals surface area contributed by atoms with E-state index in [2.05, 4.69) is 4.72 Å². The van der Waals surface area contributed by atoms with Crippen LogP contribution < -0.4 is 4.72 Å². The summed E-state index contributed by atoms with van der Waals surface area (Å²) in [6.07, 6.45) is -1.03. The van der Waals surface area contributed by atoms with Crippen molar-refractivity contribution in [2.24, 2.45) is 5.92 Å². The number of rotatable bonds is 8. The van der Waals surface area contributed by atoms with Crippen LogP contribution in [0.1, 0.15) is 31.1 Å². The standard InChI is InChI=1S/C20H23NO5S/c1-14(2)18(21-27(24,25)17-12-8-5-9-13-17)20(23)26-15(3)19(22)16-10-6-4-7-11-16/h4-15,18,21H,1-3H3/t15-,18+/m1/s1. The third-order valence-corrected chi connectivity index (χ3v) is 5.43. The molecular formula is C20H23NO5S. The molecule has 0 unspecified atom stereocenters. The average Bonchev–Trinajstić information content (AvgIpc) is 2.66. The van der Waals surface area contributed by atoms with Crippen LogP contribution >= 0.6 is 0 Å². The molecule has 0 aliphatic carbocycles. The highest BCUT2D eigenvalue weighted by atomic mass is 32.2. The third-order valence-electron chi connectivity index (χ3n) is 3.98. The van der Waals surface area contributed by atoms with Crippen LogP contribution in [0.2, 0.25) is 0 Å². The van der Waals surface area contributed by atoms with E-state index < -0.39 is 28.1 Å². The first-order valence-electron chi connectivity index (χ1n) is 8.59. The number of carbonyl (C=O) groups is 2. The van der Waals surface area contributed by atoms with Crippen molar-refractivity contribution < 1.29 is 22.7 Å². The number of sulfonamides is 1. The van der Waals surface area contributed by atoms with Gasteiger partial charge in [0.2, 0.25) is 15.8 Å². The normalized spacial score (nSPS) is 13.8. The molecule has 2 aromatic carbocycles. The highest BCUT2D eigenvalue weighted by Gasteiger charge is 2.32. The Morgan fingerprint density at radius 3 is 1.93 bits per heavy atom. The maximum atomic E-state index is 12.5. The number of esters is 1. The Morgan fingerprint density at radius 1 is 0.889 bits per heavy atom. The van der Waals surface area contributed by atoms with Crippen molar-refractivity contribution in [2.45, 2.75) is 37.8 Å². The van der Waals surface area contributed by atoms with E-state index in [1.165, 1.54) is 19.1 Å². The first kappa shape index (κ1) is 20.8. The fourth-order valence-electron chi connectivity index (χ4n) is 2.43. The molecule has 0 radical (unpaired) electrons. The van der Waals surface area contributed by atoms with Gasteiger partial charge in [-0.05, 0) is 25.0 Å². The van der Waals surface area contributed by atoms with Gasteiger partial charge in [-0.2, -0.15) is 4.72 Å². The summed E-state index contributed by atoms with van der Waals surface area (Å²) in [4.78, 5) is 25.0. The molecule has 0 fully saturated rings. The van der Waals surface area contributed by atoms with Gasteiger partial charge in [0.25, 0.3) is 0 Å². The minimum absolute atomic E-state index is 0.0526. The minimum Gasteiger partial charge on any atom is -0.453 e. The molecule has 6 nitrogen and oxygen atoms in total. The van der Waals surface area contributed by atoms with Gasteiger partial charge in [-0.15, -0.1) is 0 Å². The molecule has 1 N–H and O–H groups in total. The second-order valence-electron chi connectivity index (χ2n) is 6.47. The molecule has 2 atom stereocenters. The second-order valence-corrected chi connectivity index (χ2v) is 8.18. The Bertz CT molecular complexity index is 879. The van der Waals surface area contributed by atoms with Crippen molar-refractivity contribution in [1.29, 1.82) is 0 Å². The van der Waals surface area contributed by atoms with Crippen LogP contribution in [0.3, 0.4) is 0 Å². The summed E-state index contributed by atoms with van der Waals surface area (Å²) in [6, 6.07) is 15.1. The lowest BCUT2D eigenvalue weighted by molar-refractivity contribution is -0.149. The molecule has 2 aromatic rings. The molecule has 0 heterocycles. The lowest BCUT2D eigenvalue weighted by Gasteiger charge is -2.22. The summed E-state index contributed by atoms with van der Waals surface area (Å²) < 4.78 is 32.6. The minimum atomic E-state index is -3.89. The summed E-state index contributed by atoms with van der Waals surface area (Å²) in [5.74, 6) is -1.51. The van der Waals surface area contributed by atoms with Crippen molar-refractivity contribution in [3.63, 3.8) is 0 Å². The van der Waals surface area contributed by atoms with Crippen LogP contribution in [-0.4, -0.2) is 32.3 Å². The molecule has 144 valence electrons. The van der Waals surface area contributed by atoms with Crippen molar-refractivity contribution >= 4 is 21.8 Å². The van der Waals surface area contributed by atoms with Gasteiger partial charge in [0.1, 0.15) is 6.04 Å². The lowest BCUT2D eigenvalue weighted by Crippen LogP contribution is -2.46. The maximum Gasteiger partial charge on any atom is 0.325 e. The van der Waals surface area contributed by atoms with Crippen molar-refractivity contribution in [3.8, 4) is 0 Å². The van der Waals surface area contributed by atoms with Gasteiger partial charge < -0.3 is 4.74 Å². The summed E-state index contributed by atoms with van der Waals surface area (Å²) >= 11 is 0. The molecule has 7 heteroatoms. The summed E-state index contributed by atoms with van der Waals surface area (Å²) in [6.45, 7) is 4.86. The van der Waals surface area contributed by atoms with E-state index in [1.54, 1.807) is 62.4 Å². The smallest absolute Gasteiger partial charge is 0.325 e. The highest BCUT2D eigenvalue weighted by Crippen LogP contribution is 2.14. The molecule has 0 saturated heterocycles. The van der Waals surface area contributed by atoms with Gasteiger partial charge in [0, 0.05) is 5.56 Å². The predicted octanol–water partition coefficient (Wildman–Crippen LogP) is 2.80. The van der Waals surface area contributed by atoms with Gasteiger partial charge in [-0.25, -0.2) is 8.42 Å². The van der Waals surface area contributed by atoms with E-state index in [-0.39, 0.29) is 16.6 Å². The molecule has 27 heavy (non-hydrogen) atoms. The predicted molar refractivity (Wildman–Crippen MR) is 102 cm³/mol. The van der Waals surface area contributed by atoms with Crippen LogP contribution in [0.5, 0.6) is 0 Å². The molecule has 0 saturated carbocycles. The largest absolute Gasteiger partial charge is 0.453 e. The lowest BCUT2D eigenvalue weighted by atomic mass is 10.1. The summed E-state index contributed by atoms with van der Waals surface area (Å²) in [5.41, 5.74) is 0.420. The van der Waals surface area contributed by atoms with Crippen molar-refractivity contribution in [3.05, 3.63) is 66.2 Å². The summed E-state index contributed by atoms with van der Waals surface area (Å²) in [7, 11) is -3.89. The number of benzene rings is 2. The van der Waals surface area contributed by atoms with Gasteiger partial charge >= 0.3 is 5.97 Å². The maximum absolute atomic E-state index is 12.5. The molecule has 0 amide bonds. The van der Waals surface area contributed by atoms with E-state index in [0.29, 0.717) is 5.56 Å². The quantitative estimate of drug-likeness (QED) is 0.554. The third kappa shape index (κ3) is 5.48. The SMILES string of the molecule is CC(C)[C@H](NS(=O)(=O)c1ccccc1)C(=O)O[C@H](C)C(=O)c1ccccc1. The Labute approximate surface area is 159 Å². The van der Waals surface area contributed by atoms with Gasteiger partial charge in [0.05, 0.1) is 4.90 Å². The molecule has 0 spiro atoms. The van der Waals surface area contributed by atoms with E-state index >= 15 is 0 Å². The van der Waals surface area contributed by atoms with Crippen LogP contribution in [-0.2, 0) is 19.6 Å². The topological polar surface area (TPSA) is 89.5 Å². The first-order valence-corrected chi connectivity index (χ1v) is 10.1. The summed E-state index contributed by atoms with van der Waals surface area (Å²) in [5, 5.41) is 0. The van der Waals surface area contributed by atoms with Crippen LogP contribution in [0.15, 0.2) is 65.6 Å². The van der Waals surface area contributed by atoms with Gasteiger partial charge in [0.15, 0.2) is 6.10 Å². The second kappa shape index (κ2) is 8.92. The Hall–Kier alpha value is -2.51. The zero-order chi connectivity index (χ0) is 20.0. The Kier molecular flexibility index (Phi) is 6.87. The number of carbonyl (C=O) groups excluding carboxylic acids is 2. The molecule has 0 bridgehead atoms. The Balaban J connectivity index is 2.12. The molecule has 0 aliphatic heterocycles. The number of Topliss-reactive ketones (excluding diaryl/α,β-unsaturated/α-hetero) is 1. The Morgan fingerprint density at radius 2 is 1.41 bits per heavy atom. The average molecular weight is 389 g/mol. The van der Waals surface area contributed by atoms with Gasteiger partial charge in [-0.3, -0.25) is 9.59 Å². The molecule has 2 rings (SSSR count). The zero-order valence-corrected chi connectivity index (χ0v) is 16.3. The number of nitrogens with one attached hydrogen (secondary N) is 1. The van der Waals surface area contributed by atoms with E-state index in [4.69, 9.17) is 4.74 Å². The fourth-order valence-corrected chi connectivity index (χ4v) is 3.78. The number of ketones is 1. The fraction of sp³-hybridized carbons (Fsp3) is 0.300. The number of hydrogen-bond acceptors (Lipinski definition) is 5.